The lowest BCUT2D eigenvalue weighted by molar-refractivity contribution is -0.129. The van der Waals surface area contributed by atoms with Gasteiger partial charge in [0.05, 0.1) is 18.1 Å². The lowest BCUT2D eigenvalue weighted by Crippen LogP contribution is -2.45. The summed E-state index contributed by atoms with van der Waals surface area (Å²) in [5.41, 5.74) is 3.30. The van der Waals surface area contributed by atoms with Gasteiger partial charge in [0, 0.05) is 5.92 Å². The minimum atomic E-state index is -0.702. The molecule has 1 aliphatic heterocycles. The predicted molar refractivity (Wildman–Crippen MR) is 97.1 cm³/mol. The highest BCUT2D eigenvalue weighted by molar-refractivity contribution is 6.03. The van der Waals surface area contributed by atoms with Gasteiger partial charge < -0.3 is 9.47 Å². The SMILES string of the molecule is COC1=C(C)C(=O)[C@@]2(C)C(=C(C)C=C(C)[C@@H]2/C(C)=C/CC(C)C)O1. The molecule has 0 aromatic heterocycles. The van der Waals surface area contributed by atoms with Crippen LogP contribution in [0.4, 0.5) is 0 Å². The molecular weight excluding hydrogens is 300 g/mol. The molecular formula is C21H30O3. The zero-order chi connectivity index (χ0) is 18.2. The molecule has 132 valence electrons. The number of methoxy groups -OCH3 is 1. The number of ether oxygens (including phenoxy) is 2. The summed E-state index contributed by atoms with van der Waals surface area (Å²) in [6.07, 6.45) is 5.42. The van der Waals surface area contributed by atoms with Crippen molar-refractivity contribution in [3.8, 4) is 0 Å². The first kappa shape index (κ1) is 18.6. The van der Waals surface area contributed by atoms with Crippen LogP contribution in [0.25, 0.3) is 0 Å². The van der Waals surface area contributed by atoms with Crippen LogP contribution in [0.1, 0.15) is 54.9 Å². The molecule has 1 aliphatic carbocycles. The number of carbonyl (C=O) groups is 1. The van der Waals surface area contributed by atoms with E-state index in [9.17, 15) is 4.79 Å². The van der Waals surface area contributed by atoms with Gasteiger partial charge in [0.25, 0.3) is 5.95 Å². The molecule has 1 heterocycles. The molecule has 0 N–H and O–H groups in total. The quantitative estimate of drug-likeness (QED) is 0.655. The highest BCUT2D eigenvalue weighted by Gasteiger charge is 2.53. The third-order valence-corrected chi connectivity index (χ3v) is 5.17. The van der Waals surface area contributed by atoms with Crippen LogP contribution in [-0.4, -0.2) is 12.9 Å². The third-order valence-electron chi connectivity index (χ3n) is 5.17. The molecule has 2 atom stereocenters. The topological polar surface area (TPSA) is 35.5 Å². The Balaban J connectivity index is 2.60. The molecule has 0 aromatic rings. The van der Waals surface area contributed by atoms with Crippen LogP contribution < -0.4 is 0 Å². The van der Waals surface area contributed by atoms with Gasteiger partial charge in [-0.2, -0.15) is 0 Å². The standard InChI is InChI=1S/C21H30O3/c1-12(2)9-10-13(3)17-14(4)11-15(5)19-21(17,7)18(22)16(6)20(23-8)24-19/h10-12,17H,9H2,1-8H3/b13-10+/t17-,21-/m0/s1. The molecule has 0 saturated heterocycles. The molecule has 0 spiro atoms. The van der Waals surface area contributed by atoms with Crippen molar-refractivity contribution < 1.29 is 14.3 Å². The number of hydrogen-bond acceptors (Lipinski definition) is 3. The van der Waals surface area contributed by atoms with E-state index in [0.29, 0.717) is 17.4 Å². The van der Waals surface area contributed by atoms with E-state index in [-0.39, 0.29) is 11.7 Å². The molecule has 3 heteroatoms. The van der Waals surface area contributed by atoms with E-state index >= 15 is 0 Å². The van der Waals surface area contributed by atoms with Gasteiger partial charge in [-0.3, -0.25) is 4.79 Å². The van der Waals surface area contributed by atoms with Gasteiger partial charge in [0.2, 0.25) is 0 Å². The number of fused-ring (bicyclic) bond motifs is 1. The molecule has 3 nitrogen and oxygen atoms in total. The molecule has 0 saturated carbocycles. The summed E-state index contributed by atoms with van der Waals surface area (Å²) in [5.74, 6) is 1.76. The second-order valence-electron chi connectivity index (χ2n) is 7.66. The minimum Gasteiger partial charge on any atom is -0.468 e. The van der Waals surface area contributed by atoms with Crippen molar-refractivity contribution in [2.24, 2.45) is 17.3 Å². The van der Waals surface area contributed by atoms with Crippen LogP contribution in [0.3, 0.4) is 0 Å². The normalized spacial score (nSPS) is 28.0. The van der Waals surface area contributed by atoms with Crippen LogP contribution in [0.5, 0.6) is 0 Å². The lowest BCUT2D eigenvalue weighted by atomic mass is 9.61. The van der Waals surface area contributed by atoms with Crippen LogP contribution in [0.15, 0.2) is 46.1 Å². The second-order valence-corrected chi connectivity index (χ2v) is 7.66. The van der Waals surface area contributed by atoms with Gasteiger partial charge in [0.15, 0.2) is 5.78 Å². The number of rotatable bonds is 4. The average molecular weight is 330 g/mol. The summed E-state index contributed by atoms with van der Waals surface area (Å²) in [6.45, 7) is 14.5. The molecule has 0 unspecified atom stereocenters. The summed E-state index contributed by atoms with van der Waals surface area (Å²) in [7, 11) is 1.54. The monoisotopic (exact) mass is 330 g/mol. The number of ketones is 1. The minimum absolute atomic E-state index is 0.0239. The van der Waals surface area contributed by atoms with Crippen LogP contribution >= 0.6 is 0 Å². The molecule has 0 fully saturated rings. The van der Waals surface area contributed by atoms with Crippen molar-refractivity contribution >= 4 is 5.78 Å². The summed E-state index contributed by atoms with van der Waals surface area (Å²) in [6, 6.07) is 0. The molecule has 2 aliphatic rings. The first-order valence-corrected chi connectivity index (χ1v) is 8.68. The van der Waals surface area contributed by atoms with Crippen molar-refractivity contribution in [3.05, 3.63) is 46.1 Å². The third kappa shape index (κ3) is 2.85. The van der Waals surface area contributed by atoms with E-state index in [0.717, 1.165) is 17.8 Å². The number of Topliss-reactive ketones (excluding diaryl/α,β-unsaturated/α-hetero) is 1. The molecule has 0 radical (unpaired) electrons. The first-order valence-electron chi connectivity index (χ1n) is 8.68. The van der Waals surface area contributed by atoms with E-state index in [1.54, 1.807) is 14.0 Å². The van der Waals surface area contributed by atoms with Crippen molar-refractivity contribution in [3.63, 3.8) is 0 Å². The van der Waals surface area contributed by atoms with Crippen molar-refractivity contribution in [1.82, 2.24) is 0 Å². The van der Waals surface area contributed by atoms with Gasteiger partial charge >= 0.3 is 0 Å². The summed E-state index contributed by atoms with van der Waals surface area (Å²) in [5, 5.41) is 0. The lowest BCUT2D eigenvalue weighted by Gasteiger charge is -2.45. The smallest absolute Gasteiger partial charge is 0.290 e. The van der Waals surface area contributed by atoms with Crippen LogP contribution in [0, 0.1) is 17.3 Å². The van der Waals surface area contributed by atoms with E-state index in [1.165, 1.54) is 11.1 Å². The Hall–Kier alpha value is -1.77. The van der Waals surface area contributed by atoms with Crippen molar-refractivity contribution in [2.75, 3.05) is 7.11 Å². The largest absolute Gasteiger partial charge is 0.468 e. The fourth-order valence-electron chi connectivity index (χ4n) is 4.11. The highest BCUT2D eigenvalue weighted by Crippen LogP contribution is 2.53. The summed E-state index contributed by atoms with van der Waals surface area (Å²) in [4.78, 5) is 13.3. The number of allylic oxidation sites excluding steroid dienone is 7. The Labute approximate surface area is 146 Å². The zero-order valence-corrected chi connectivity index (χ0v) is 16.2. The maximum absolute atomic E-state index is 13.3. The summed E-state index contributed by atoms with van der Waals surface area (Å²) >= 11 is 0. The number of carbonyl (C=O) groups excluding carboxylic acids is 1. The van der Waals surface area contributed by atoms with Crippen LogP contribution in [0.2, 0.25) is 0 Å². The predicted octanol–water partition coefficient (Wildman–Crippen LogP) is 5.31. The Morgan fingerprint density at radius 3 is 2.54 bits per heavy atom. The van der Waals surface area contributed by atoms with Gasteiger partial charge in [-0.1, -0.05) is 37.1 Å². The Bertz CT molecular complexity index is 673. The maximum Gasteiger partial charge on any atom is 0.290 e. The van der Waals surface area contributed by atoms with Gasteiger partial charge in [-0.05, 0) is 52.5 Å². The van der Waals surface area contributed by atoms with E-state index < -0.39 is 5.41 Å². The molecule has 0 amide bonds. The zero-order valence-electron chi connectivity index (χ0n) is 16.2. The molecule has 0 aromatic carbocycles. The van der Waals surface area contributed by atoms with E-state index in [2.05, 4.69) is 39.8 Å². The average Bonchev–Trinajstić information content (AvgIpc) is 2.50. The highest BCUT2D eigenvalue weighted by atomic mass is 16.7. The van der Waals surface area contributed by atoms with Crippen molar-refractivity contribution in [2.45, 2.75) is 54.9 Å². The van der Waals surface area contributed by atoms with Gasteiger partial charge in [-0.15, -0.1) is 0 Å². The fraction of sp³-hybridized carbons (Fsp3) is 0.571. The maximum atomic E-state index is 13.3. The molecule has 0 bridgehead atoms. The number of hydrogen-bond donors (Lipinski definition) is 0. The molecule has 2 rings (SSSR count). The van der Waals surface area contributed by atoms with Gasteiger partial charge in [0.1, 0.15) is 5.76 Å². The van der Waals surface area contributed by atoms with Crippen LogP contribution in [-0.2, 0) is 14.3 Å². The van der Waals surface area contributed by atoms with Gasteiger partial charge in [-0.25, -0.2) is 0 Å². The van der Waals surface area contributed by atoms with E-state index in [1.807, 2.05) is 13.8 Å². The fourth-order valence-corrected chi connectivity index (χ4v) is 4.11. The Kier molecular flexibility index (Phi) is 5.12. The second kappa shape index (κ2) is 6.62. The molecule has 24 heavy (non-hydrogen) atoms. The summed E-state index contributed by atoms with van der Waals surface area (Å²) < 4.78 is 11.3. The Morgan fingerprint density at radius 2 is 2.00 bits per heavy atom. The van der Waals surface area contributed by atoms with E-state index in [4.69, 9.17) is 9.47 Å². The van der Waals surface area contributed by atoms with Crippen molar-refractivity contribution in [1.29, 1.82) is 0 Å². The first-order chi connectivity index (χ1) is 11.1. The Morgan fingerprint density at radius 1 is 1.38 bits per heavy atom.